The van der Waals surface area contributed by atoms with E-state index in [9.17, 15) is 0 Å². The normalized spacial score (nSPS) is 11.2. The van der Waals surface area contributed by atoms with E-state index >= 15 is 0 Å². The average molecular weight is 440 g/mol. The van der Waals surface area contributed by atoms with Crippen LogP contribution in [0.3, 0.4) is 0 Å². The van der Waals surface area contributed by atoms with Crippen molar-refractivity contribution in [1.82, 2.24) is 19.4 Å². The molecule has 0 saturated carbocycles. The van der Waals surface area contributed by atoms with Crippen LogP contribution in [0.25, 0.3) is 27.9 Å². The number of furan rings is 1. The second-order valence-electron chi connectivity index (χ2n) is 7.04. The number of rotatable bonds is 6. The number of benzene rings is 1. The molecule has 0 amide bonds. The molecule has 0 atom stereocenters. The fourth-order valence-corrected chi connectivity index (χ4v) is 4.13. The third kappa shape index (κ3) is 3.36. The summed E-state index contributed by atoms with van der Waals surface area (Å²) in [5.74, 6) is 1.77. The Balaban J connectivity index is 1.41. The van der Waals surface area contributed by atoms with E-state index in [-0.39, 0.29) is 0 Å². The average Bonchev–Trinajstić information content (AvgIpc) is 3.59. The Morgan fingerprint density at radius 3 is 2.94 bits per heavy atom. The first kappa shape index (κ1) is 18.6. The van der Waals surface area contributed by atoms with E-state index < -0.39 is 0 Å². The molecule has 0 spiro atoms. The molecule has 5 aromatic heterocycles. The van der Waals surface area contributed by atoms with Gasteiger partial charge < -0.3 is 13.9 Å². The molecule has 32 heavy (non-hydrogen) atoms. The van der Waals surface area contributed by atoms with Crippen molar-refractivity contribution in [1.29, 1.82) is 0 Å². The number of hydrogen-bond acceptors (Lipinski definition) is 7. The summed E-state index contributed by atoms with van der Waals surface area (Å²) in [5.41, 5.74) is 6.14. The highest BCUT2D eigenvalue weighted by Crippen LogP contribution is 2.36. The fraction of sp³-hybridized carbons (Fsp3) is 0.0417. The topological polar surface area (TPSA) is 74.7 Å². The van der Waals surface area contributed by atoms with Gasteiger partial charge >= 0.3 is 0 Å². The van der Waals surface area contributed by atoms with Crippen molar-refractivity contribution in [2.75, 3.05) is 0 Å². The summed E-state index contributed by atoms with van der Waals surface area (Å²) >= 11 is 1.54. The number of ether oxygens (including phenoxy) is 2. The van der Waals surface area contributed by atoms with Gasteiger partial charge in [0, 0.05) is 35.6 Å². The molecule has 0 bridgehead atoms. The molecular weight excluding hydrogens is 424 g/mol. The predicted octanol–water partition coefficient (Wildman–Crippen LogP) is 5.97. The van der Waals surface area contributed by atoms with Crippen LogP contribution in [0.4, 0.5) is 0 Å². The van der Waals surface area contributed by atoms with E-state index in [1.165, 1.54) is 11.3 Å². The Bertz CT molecular complexity index is 1520. The van der Waals surface area contributed by atoms with E-state index in [0.717, 1.165) is 33.6 Å². The van der Waals surface area contributed by atoms with Crippen molar-refractivity contribution in [3.63, 3.8) is 0 Å². The maximum atomic E-state index is 6.20. The van der Waals surface area contributed by atoms with E-state index in [1.54, 1.807) is 30.2 Å². The van der Waals surface area contributed by atoms with Crippen LogP contribution in [-0.2, 0) is 6.61 Å². The molecule has 1 aromatic carbocycles. The van der Waals surface area contributed by atoms with Gasteiger partial charge in [0.2, 0.25) is 5.88 Å². The summed E-state index contributed by atoms with van der Waals surface area (Å²) < 4.78 is 19.8. The third-order valence-corrected chi connectivity index (χ3v) is 5.71. The molecule has 0 N–H and O–H groups in total. The van der Waals surface area contributed by atoms with Crippen molar-refractivity contribution in [2.24, 2.45) is 0 Å². The lowest BCUT2D eigenvalue weighted by atomic mass is 10.1. The first-order chi connectivity index (χ1) is 15.8. The molecule has 5 heterocycles. The molecule has 0 aliphatic heterocycles. The number of pyridine rings is 2. The van der Waals surface area contributed by atoms with Crippen molar-refractivity contribution in [3.8, 4) is 28.6 Å². The zero-order chi connectivity index (χ0) is 21.3. The fourth-order valence-electron chi connectivity index (χ4n) is 3.59. The highest BCUT2D eigenvalue weighted by molar-refractivity contribution is 7.07. The third-order valence-electron chi connectivity index (χ3n) is 5.07. The van der Waals surface area contributed by atoms with Crippen LogP contribution < -0.4 is 9.47 Å². The van der Waals surface area contributed by atoms with Gasteiger partial charge in [-0.25, -0.2) is 15.0 Å². The van der Waals surface area contributed by atoms with Crippen LogP contribution in [0.1, 0.15) is 5.69 Å². The van der Waals surface area contributed by atoms with Gasteiger partial charge in [-0.15, -0.1) is 11.3 Å². The van der Waals surface area contributed by atoms with E-state index in [1.807, 2.05) is 58.4 Å². The van der Waals surface area contributed by atoms with Gasteiger partial charge in [-0.05, 0) is 36.4 Å². The number of nitrogens with zero attached hydrogens (tertiary/aromatic N) is 4. The summed E-state index contributed by atoms with van der Waals surface area (Å²) in [5, 5.41) is 2.78. The lowest BCUT2D eigenvalue weighted by molar-refractivity contribution is 0.302. The quantitative estimate of drug-likeness (QED) is 0.318. The lowest BCUT2D eigenvalue weighted by Crippen LogP contribution is -2.00. The van der Waals surface area contributed by atoms with Crippen LogP contribution in [0, 0.1) is 0 Å². The molecule has 7 nitrogen and oxygen atoms in total. The Morgan fingerprint density at radius 2 is 2.00 bits per heavy atom. The van der Waals surface area contributed by atoms with Gasteiger partial charge in [-0.3, -0.25) is 4.40 Å². The highest BCUT2D eigenvalue weighted by Gasteiger charge is 2.14. The van der Waals surface area contributed by atoms with E-state index in [4.69, 9.17) is 13.9 Å². The zero-order valence-electron chi connectivity index (χ0n) is 16.7. The highest BCUT2D eigenvalue weighted by atomic mass is 32.1. The van der Waals surface area contributed by atoms with Gasteiger partial charge in [0.25, 0.3) is 0 Å². The number of aromatic nitrogens is 4. The lowest BCUT2D eigenvalue weighted by Gasteiger charge is -2.14. The monoisotopic (exact) mass is 440 g/mol. The largest absolute Gasteiger partial charge is 0.486 e. The molecule has 0 radical (unpaired) electrons. The number of fused-ring (bicyclic) bond motifs is 2. The van der Waals surface area contributed by atoms with Gasteiger partial charge in [0.1, 0.15) is 29.3 Å². The SMILES string of the molecule is c1cc(-c2ccc(Oc3nccc4occc34)cc2OCc2cscn2)n2ccnc2c1. The van der Waals surface area contributed by atoms with E-state index in [2.05, 4.69) is 15.0 Å². The van der Waals surface area contributed by atoms with Gasteiger partial charge in [0.05, 0.1) is 28.5 Å². The van der Waals surface area contributed by atoms with Crippen molar-refractivity contribution in [2.45, 2.75) is 6.61 Å². The van der Waals surface area contributed by atoms with Crippen molar-refractivity contribution >= 4 is 28.0 Å². The minimum atomic E-state index is 0.357. The Kier molecular flexibility index (Phi) is 4.54. The summed E-state index contributed by atoms with van der Waals surface area (Å²) in [4.78, 5) is 13.1. The molecule has 156 valence electrons. The molecule has 0 saturated heterocycles. The molecule has 0 aliphatic carbocycles. The second kappa shape index (κ2) is 7.82. The molecule has 6 aromatic rings. The first-order valence-electron chi connectivity index (χ1n) is 9.91. The summed E-state index contributed by atoms with van der Waals surface area (Å²) in [7, 11) is 0. The minimum absolute atomic E-state index is 0.357. The summed E-state index contributed by atoms with van der Waals surface area (Å²) in [6, 6.07) is 15.4. The van der Waals surface area contributed by atoms with Gasteiger partial charge in [-0.2, -0.15) is 0 Å². The summed E-state index contributed by atoms with van der Waals surface area (Å²) in [6.45, 7) is 0.357. The van der Waals surface area contributed by atoms with Crippen LogP contribution in [0.2, 0.25) is 0 Å². The standard InChI is InChI=1S/C24H16N4O3S/c1-2-20(28-10-9-25-23(28)3-1)18-5-4-17(12-22(18)30-13-16-14-32-15-27-16)31-24-19-7-11-29-21(19)6-8-26-24/h1-12,14-15H,13H2. The van der Waals surface area contributed by atoms with Crippen molar-refractivity contribution < 1.29 is 13.9 Å². The Hall–Kier alpha value is -4.17. The predicted molar refractivity (Wildman–Crippen MR) is 121 cm³/mol. The zero-order valence-corrected chi connectivity index (χ0v) is 17.5. The van der Waals surface area contributed by atoms with Crippen LogP contribution in [-0.4, -0.2) is 19.4 Å². The van der Waals surface area contributed by atoms with E-state index in [0.29, 0.717) is 24.0 Å². The van der Waals surface area contributed by atoms with Crippen LogP contribution >= 0.6 is 11.3 Å². The smallest absolute Gasteiger partial charge is 0.230 e. The minimum Gasteiger partial charge on any atom is -0.486 e. The first-order valence-corrected chi connectivity index (χ1v) is 10.9. The Labute approximate surface area is 186 Å². The molecular formula is C24H16N4O3S. The van der Waals surface area contributed by atoms with Crippen LogP contribution in [0.15, 0.2) is 88.7 Å². The Morgan fingerprint density at radius 1 is 1.00 bits per heavy atom. The summed E-state index contributed by atoms with van der Waals surface area (Å²) in [6.07, 6.45) is 7.00. The number of thiazole rings is 1. The van der Waals surface area contributed by atoms with Gasteiger partial charge in [0.15, 0.2) is 0 Å². The van der Waals surface area contributed by atoms with Gasteiger partial charge in [-0.1, -0.05) is 6.07 Å². The second-order valence-corrected chi connectivity index (χ2v) is 7.76. The number of imidazole rings is 1. The molecule has 0 fully saturated rings. The molecule has 6 rings (SSSR count). The van der Waals surface area contributed by atoms with Crippen LogP contribution in [0.5, 0.6) is 17.4 Å². The maximum absolute atomic E-state index is 6.20. The molecule has 8 heteroatoms. The van der Waals surface area contributed by atoms with Crippen molar-refractivity contribution in [3.05, 3.63) is 90.0 Å². The number of hydrogen-bond donors (Lipinski definition) is 0. The molecule has 0 aliphatic rings. The molecule has 0 unspecified atom stereocenters. The maximum Gasteiger partial charge on any atom is 0.230 e.